The number of nitrogens with zero attached hydrogens (tertiary/aromatic N) is 1. The second-order valence-electron chi connectivity index (χ2n) is 6.49. The fraction of sp³-hybridized carbons (Fsp3) is 0.579. The van der Waals surface area contributed by atoms with Gasteiger partial charge in [-0.1, -0.05) is 56.0 Å². The lowest BCUT2D eigenvalue weighted by Crippen LogP contribution is -2.50. The number of carbonyl (C=O) groups is 2. The highest BCUT2D eigenvalue weighted by atomic mass is 35.5. The molecule has 2 amide bonds. The summed E-state index contributed by atoms with van der Waals surface area (Å²) in [5.41, 5.74) is 0.860. The van der Waals surface area contributed by atoms with Crippen molar-refractivity contribution in [3.05, 3.63) is 34.9 Å². The number of nitrogens with one attached hydrogen (secondary N) is 1. The maximum atomic E-state index is 12.6. The molecule has 132 valence electrons. The van der Waals surface area contributed by atoms with Gasteiger partial charge in [-0.15, -0.1) is 0 Å². The smallest absolute Gasteiger partial charge is 0.242 e. The van der Waals surface area contributed by atoms with Gasteiger partial charge in [-0.3, -0.25) is 9.59 Å². The normalized spacial score (nSPS) is 16.5. The third-order valence-electron chi connectivity index (χ3n) is 4.72. The van der Waals surface area contributed by atoms with Crippen molar-refractivity contribution in [2.24, 2.45) is 0 Å². The molecular weight excluding hydrogens is 324 g/mol. The standard InChI is InChI=1S/C19H27ClN2O2/c1-3-18(23)22(13-15-9-7-8-12-17(15)20)14(2)19(24)21-16-10-5-4-6-11-16/h7-9,12,14,16H,3-6,10-11,13H2,1-2H3,(H,21,24)/t14-/m1/s1. The van der Waals surface area contributed by atoms with E-state index in [2.05, 4.69) is 5.32 Å². The van der Waals surface area contributed by atoms with E-state index < -0.39 is 6.04 Å². The Morgan fingerprint density at radius 1 is 1.25 bits per heavy atom. The van der Waals surface area contributed by atoms with Crippen LogP contribution in [0.4, 0.5) is 0 Å². The van der Waals surface area contributed by atoms with Gasteiger partial charge < -0.3 is 10.2 Å². The van der Waals surface area contributed by atoms with E-state index in [1.54, 1.807) is 17.9 Å². The Morgan fingerprint density at radius 3 is 2.54 bits per heavy atom. The molecule has 5 heteroatoms. The molecule has 0 spiro atoms. The maximum absolute atomic E-state index is 12.6. The Labute approximate surface area is 149 Å². The molecule has 0 saturated heterocycles. The zero-order chi connectivity index (χ0) is 17.5. The minimum atomic E-state index is -0.504. The van der Waals surface area contributed by atoms with E-state index in [0.29, 0.717) is 18.0 Å². The average molecular weight is 351 g/mol. The molecule has 0 aliphatic heterocycles. The van der Waals surface area contributed by atoms with Crippen LogP contribution < -0.4 is 5.32 Å². The summed E-state index contributed by atoms with van der Waals surface area (Å²) in [6.45, 7) is 3.96. The third-order valence-corrected chi connectivity index (χ3v) is 5.09. The van der Waals surface area contributed by atoms with Gasteiger partial charge in [0.1, 0.15) is 6.04 Å². The lowest BCUT2D eigenvalue weighted by atomic mass is 9.95. The minimum absolute atomic E-state index is 0.0405. The predicted octanol–water partition coefficient (Wildman–Crippen LogP) is 3.92. The van der Waals surface area contributed by atoms with Crippen LogP contribution in [-0.4, -0.2) is 28.8 Å². The number of benzene rings is 1. The monoisotopic (exact) mass is 350 g/mol. The van der Waals surface area contributed by atoms with Gasteiger partial charge >= 0.3 is 0 Å². The minimum Gasteiger partial charge on any atom is -0.352 e. The van der Waals surface area contributed by atoms with E-state index in [-0.39, 0.29) is 17.9 Å². The summed E-state index contributed by atoms with van der Waals surface area (Å²) in [7, 11) is 0. The van der Waals surface area contributed by atoms with Gasteiger partial charge in [-0.05, 0) is 31.4 Å². The van der Waals surface area contributed by atoms with Crippen LogP contribution in [0.5, 0.6) is 0 Å². The van der Waals surface area contributed by atoms with Crippen LogP contribution in [0.1, 0.15) is 57.9 Å². The van der Waals surface area contributed by atoms with Crippen LogP contribution in [-0.2, 0) is 16.1 Å². The van der Waals surface area contributed by atoms with Crippen molar-refractivity contribution in [2.45, 2.75) is 71.0 Å². The molecule has 1 fully saturated rings. The maximum Gasteiger partial charge on any atom is 0.242 e. The van der Waals surface area contributed by atoms with Crippen LogP contribution in [0.2, 0.25) is 5.02 Å². The molecule has 1 atom stereocenters. The third kappa shape index (κ3) is 4.97. The molecule has 1 saturated carbocycles. The largest absolute Gasteiger partial charge is 0.352 e. The predicted molar refractivity (Wildman–Crippen MR) is 96.8 cm³/mol. The van der Waals surface area contributed by atoms with Crippen LogP contribution in [0.15, 0.2) is 24.3 Å². The van der Waals surface area contributed by atoms with Crippen molar-refractivity contribution in [3.63, 3.8) is 0 Å². The zero-order valence-corrected chi connectivity index (χ0v) is 15.3. The van der Waals surface area contributed by atoms with E-state index in [1.165, 1.54) is 6.42 Å². The molecule has 4 nitrogen and oxygen atoms in total. The number of hydrogen-bond acceptors (Lipinski definition) is 2. The molecule has 0 unspecified atom stereocenters. The summed E-state index contributed by atoms with van der Waals surface area (Å²) >= 11 is 6.22. The number of amides is 2. The average Bonchev–Trinajstić information content (AvgIpc) is 2.60. The molecule has 1 aliphatic carbocycles. The van der Waals surface area contributed by atoms with E-state index in [4.69, 9.17) is 11.6 Å². The summed E-state index contributed by atoms with van der Waals surface area (Å²) in [4.78, 5) is 26.6. The summed E-state index contributed by atoms with van der Waals surface area (Å²) in [6.07, 6.45) is 6.00. The van der Waals surface area contributed by atoms with Crippen molar-refractivity contribution in [1.82, 2.24) is 10.2 Å². The van der Waals surface area contributed by atoms with Crippen LogP contribution >= 0.6 is 11.6 Å². The highest BCUT2D eigenvalue weighted by Crippen LogP contribution is 2.20. The van der Waals surface area contributed by atoms with Gasteiger partial charge in [0.05, 0.1) is 0 Å². The molecule has 1 aliphatic rings. The SMILES string of the molecule is CCC(=O)N(Cc1ccccc1Cl)[C@H](C)C(=O)NC1CCCCC1. The molecule has 0 bridgehead atoms. The van der Waals surface area contributed by atoms with Crippen LogP contribution in [0, 0.1) is 0 Å². The second-order valence-corrected chi connectivity index (χ2v) is 6.89. The molecule has 0 heterocycles. The first-order chi connectivity index (χ1) is 11.5. The van der Waals surface area contributed by atoms with Crippen molar-refractivity contribution in [1.29, 1.82) is 0 Å². The van der Waals surface area contributed by atoms with Gasteiger partial charge in [0.15, 0.2) is 0 Å². The molecule has 1 N–H and O–H groups in total. The fourth-order valence-corrected chi connectivity index (χ4v) is 3.36. The van der Waals surface area contributed by atoms with Gasteiger partial charge in [0.2, 0.25) is 11.8 Å². The fourth-order valence-electron chi connectivity index (χ4n) is 3.16. The Hall–Kier alpha value is -1.55. The van der Waals surface area contributed by atoms with Gasteiger partial charge in [-0.2, -0.15) is 0 Å². The topological polar surface area (TPSA) is 49.4 Å². The molecule has 24 heavy (non-hydrogen) atoms. The summed E-state index contributed by atoms with van der Waals surface area (Å²) in [6, 6.07) is 7.19. The first-order valence-electron chi connectivity index (χ1n) is 8.86. The van der Waals surface area contributed by atoms with Gasteiger partial charge in [-0.25, -0.2) is 0 Å². The van der Waals surface area contributed by atoms with E-state index in [1.807, 2.05) is 25.1 Å². The molecule has 0 aromatic heterocycles. The molecule has 1 aromatic carbocycles. The molecule has 0 radical (unpaired) electrons. The van der Waals surface area contributed by atoms with E-state index in [9.17, 15) is 9.59 Å². The number of halogens is 1. The first-order valence-corrected chi connectivity index (χ1v) is 9.24. The van der Waals surface area contributed by atoms with Gasteiger partial charge in [0, 0.05) is 24.0 Å². The van der Waals surface area contributed by atoms with Crippen molar-refractivity contribution >= 4 is 23.4 Å². The van der Waals surface area contributed by atoms with Crippen molar-refractivity contribution in [3.8, 4) is 0 Å². The number of hydrogen-bond donors (Lipinski definition) is 1. The summed E-state index contributed by atoms with van der Waals surface area (Å²) in [5, 5.41) is 3.73. The number of carbonyl (C=O) groups excluding carboxylic acids is 2. The lowest BCUT2D eigenvalue weighted by molar-refractivity contribution is -0.140. The van der Waals surface area contributed by atoms with E-state index >= 15 is 0 Å². The Bertz CT molecular complexity index is 570. The number of rotatable bonds is 6. The highest BCUT2D eigenvalue weighted by molar-refractivity contribution is 6.31. The highest BCUT2D eigenvalue weighted by Gasteiger charge is 2.27. The molecular formula is C19H27ClN2O2. The second kappa shape index (κ2) is 9.07. The quantitative estimate of drug-likeness (QED) is 0.845. The lowest BCUT2D eigenvalue weighted by Gasteiger charge is -2.31. The first kappa shape index (κ1) is 18.8. The Balaban J connectivity index is 2.06. The van der Waals surface area contributed by atoms with Gasteiger partial charge in [0.25, 0.3) is 0 Å². The molecule has 1 aromatic rings. The van der Waals surface area contributed by atoms with Crippen molar-refractivity contribution < 1.29 is 9.59 Å². The Kier molecular flexibility index (Phi) is 7.10. The molecule has 2 rings (SSSR count). The zero-order valence-electron chi connectivity index (χ0n) is 14.6. The van der Waals surface area contributed by atoms with Crippen LogP contribution in [0.25, 0.3) is 0 Å². The van der Waals surface area contributed by atoms with Crippen molar-refractivity contribution in [2.75, 3.05) is 0 Å². The summed E-state index contributed by atoms with van der Waals surface area (Å²) < 4.78 is 0. The summed E-state index contributed by atoms with van der Waals surface area (Å²) in [5.74, 6) is -0.114. The Morgan fingerprint density at radius 2 is 1.92 bits per heavy atom. The van der Waals surface area contributed by atoms with Crippen LogP contribution in [0.3, 0.4) is 0 Å². The van der Waals surface area contributed by atoms with E-state index in [0.717, 1.165) is 31.2 Å².